The molecule has 1 fully saturated rings. The standard InChI is InChI=1S/C22H26N4O7S2/c1-34(29,30)26-11-9-25(10-12-26)21(22(27)28)15-24-35(31,32)20-7-5-19(6-8-20)33-16-18-4-2-3-17(13-18)14-23/h2-8,13,21,24H,9-12,15-16H2,1H3,(H,27,28). The number of ether oxygens (including phenoxy) is 1. The lowest BCUT2D eigenvalue weighted by molar-refractivity contribution is -0.143. The Kier molecular flexibility index (Phi) is 8.47. The van der Waals surface area contributed by atoms with E-state index in [1.807, 2.05) is 12.1 Å². The van der Waals surface area contributed by atoms with E-state index in [0.29, 0.717) is 11.3 Å². The minimum absolute atomic E-state index is 0.0534. The number of benzene rings is 2. The van der Waals surface area contributed by atoms with Gasteiger partial charge in [0.25, 0.3) is 0 Å². The van der Waals surface area contributed by atoms with Crippen molar-refractivity contribution in [2.75, 3.05) is 39.0 Å². The van der Waals surface area contributed by atoms with Gasteiger partial charge in [0.1, 0.15) is 18.4 Å². The molecule has 0 aliphatic carbocycles. The average molecular weight is 523 g/mol. The van der Waals surface area contributed by atoms with Crippen LogP contribution in [-0.2, 0) is 31.4 Å². The molecule has 0 spiro atoms. The first kappa shape index (κ1) is 26.6. The number of carboxylic acid groups (broad SMARTS) is 1. The molecule has 0 saturated carbocycles. The summed E-state index contributed by atoms with van der Waals surface area (Å²) in [5.74, 6) is -0.775. The van der Waals surface area contributed by atoms with E-state index in [0.717, 1.165) is 11.8 Å². The van der Waals surface area contributed by atoms with E-state index < -0.39 is 32.1 Å². The number of hydrogen-bond acceptors (Lipinski definition) is 8. The van der Waals surface area contributed by atoms with Crippen molar-refractivity contribution in [2.24, 2.45) is 0 Å². The van der Waals surface area contributed by atoms with Crippen LogP contribution in [0.5, 0.6) is 5.75 Å². The largest absolute Gasteiger partial charge is 0.489 e. The summed E-state index contributed by atoms with van der Waals surface area (Å²) in [6.45, 7) is 0.455. The normalized spacial score (nSPS) is 16.3. The number of rotatable bonds is 10. The van der Waals surface area contributed by atoms with E-state index in [-0.39, 0.29) is 44.2 Å². The Morgan fingerprint density at radius 1 is 1.11 bits per heavy atom. The van der Waals surface area contributed by atoms with Crippen LogP contribution in [0.4, 0.5) is 0 Å². The van der Waals surface area contributed by atoms with Crippen molar-refractivity contribution >= 4 is 26.0 Å². The lowest BCUT2D eigenvalue weighted by Crippen LogP contribution is -2.56. The SMILES string of the molecule is CS(=O)(=O)N1CCN(C(CNS(=O)(=O)c2ccc(OCc3cccc(C#N)c3)cc2)C(=O)O)CC1. The third kappa shape index (κ3) is 7.23. The van der Waals surface area contributed by atoms with Crippen molar-refractivity contribution in [1.82, 2.24) is 13.9 Å². The van der Waals surface area contributed by atoms with Crippen LogP contribution in [0.2, 0.25) is 0 Å². The first-order chi connectivity index (χ1) is 16.5. The van der Waals surface area contributed by atoms with E-state index in [2.05, 4.69) is 4.72 Å². The van der Waals surface area contributed by atoms with Gasteiger partial charge in [0.2, 0.25) is 20.0 Å². The van der Waals surface area contributed by atoms with Crippen LogP contribution in [0.25, 0.3) is 0 Å². The van der Waals surface area contributed by atoms with E-state index >= 15 is 0 Å². The van der Waals surface area contributed by atoms with Crippen LogP contribution in [0.3, 0.4) is 0 Å². The van der Waals surface area contributed by atoms with Crippen LogP contribution in [0, 0.1) is 11.3 Å². The Morgan fingerprint density at radius 3 is 2.34 bits per heavy atom. The van der Waals surface area contributed by atoms with Gasteiger partial charge < -0.3 is 9.84 Å². The number of nitrogens with one attached hydrogen (secondary N) is 1. The van der Waals surface area contributed by atoms with E-state index in [4.69, 9.17) is 10.00 Å². The quantitative estimate of drug-likeness (QED) is 0.452. The summed E-state index contributed by atoms with van der Waals surface area (Å²) in [5, 5.41) is 18.6. The van der Waals surface area contributed by atoms with Gasteiger partial charge in [-0.3, -0.25) is 9.69 Å². The van der Waals surface area contributed by atoms with Crippen LogP contribution in [0.1, 0.15) is 11.1 Å². The number of nitrogens with zero attached hydrogens (tertiary/aromatic N) is 3. The van der Waals surface area contributed by atoms with E-state index in [9.17, 15) is 26.7 Å². The number of hydrogen-bond donors (Lipinski definition) is 2. The summed E-state index contributed by atoms with van der Waals surface area (Å²) >= 11 is 0. The van der Waals surface area contributed by atoms with Gasteiger partial charge in [0, 0.05) is 32.7 Å². The number of nitriles is 1. The molecule has 1 saturated heterocycles. The molecule has 35 heavy (non-hydrogen) atoms. The molecule has 2 aromatic carbocycles. The molecule has 2 N–H and O–H groups in total. The van der Waals surface area contributed by atoms with Crippen LogP contribution in [-0.4, -0.2) is 82.1 Å². The van der Waals surface area contributed by atoms with Gasteiger partial charge in [0.15, 0.2) is 0 Å². The zero-order valence-corrected chi connectivity index (χ0v) is 20.6. The summed E-state index contributed by atoms with van der Waals surface area (Å²) < 4.78 is 58.0. The molecule has 1 heterocycles. The molecule has 2 aromatic rings. The predicted octanol–water partition coefficient (Wildman–Crippen LogP) is 0.446. The zero-order valence-electron chi connectivity index (χ0n) is 19.0. The summed E-state index contributed by atoms with van der Waals surface area (Å²) in [6, 6.07) is 13.5. The third-order valence-electron chi connectivity index (χ3n) is 5.53. The first-order valence-corrected chi connectivity index (χ1v) is 14.0. The third-order valence-corrected chi connectivity index (χ3v) is 8.27. The van der Waals surface area contributed by atoms with Crippen molar-refractivity contribution in [3.05, 3.63) is 59.7 Å². The maximum absolute atomic E-state index is 12.7. The first-order valence-electron chi connectivity index (χ1n) is 10.6. The highest BCUT2D eigenvalue weighted by molar-refractivity contribution is 7.89. The summed E-state index contributed by atoms with van der Waals surface area (Å²) in [6.07, 6.45) is 1.09. The monoisotopic (exact) mass is 522 g/mol. The summed E-state index contributed by atoms with van der Waals surface area (Å²) in [4.78, 5) is 13.3. The fraction of sp³-hybridized carbons (Fsp3) is 0.364. The molecule has 1 atom stereocenters. The molecule has 188 valence electrons. The Morgan fingerprint density at radius 2 is 1.77 bits per heavy atom. The maximum atomic E-state index is 12.7. The van der Waals surface area contributed by atoms with Gasteiger partial charge in [-0.15, -0.1) is 0 Å². The Hall–Kier alpha value is -3.02. The van der Waals surface area contributed by atoms with Crippen LogP contribution >= 0.6 is 0 Å². The predicted molar refractivity (Wildman–Crippen MR) is 127 cm³/mol. The molecular weight excluding hydrogens is 496 g/mol. The molecule has 0 aromatic heterocycles. The molecule has 13 heteroatoms. The van der Waals surface area contributed by atoms with Gasteiger partial charge in [-0.25, -0.2) is 21.6 Å². The lowest BCUT2D eigenvalue weighted by Gasteiger charge is -2.36. The van der Waals surface area contributed by atoms with Gasteiger partial charge in [0.05, 0.1) is 22.8 Å². The van der Waals surface area contributed by atoms with Crippen LogP contribution < -0.4 is 9.46 Å². The van der Waals surface area contributed by atoms with E-state index in [1.54, 1.807) is 23.1 Å². The zero-order chi connectivity index (χ0) is 25.6. The average Bonchev–Trinajstić information content (AvgIpc) is 2.83. The topological polar surface area (TPSA) is 157 Å². The second-order valence-corrected chi connectivity index (χ2v) is 11.7. The van der Waals surface area contributed by atoms with Crippen molar-refractivity contribution < 1.29 is 31.5 Å². The minimum atomic E-state index is -3.99. The Bertz CT molecular complexity index is 1300. The van der Waals surface area contributed by atoms with Crippen molar-refractivity contribution in [3.8, 4) is 11.8 Å². The van der Waals surface area contributed by atoms with Crippen LogP contribution in [0.15, 0.2) is 53.4 Å². The molecule has 0 bridgehead atoms. The molecule has 1 aliphatic rings. The fourth-order valence-corrected chi connectivity index (χ4v) is 5.47. The highest BCUT2D eigenvalue weighted by Crippen LogP contribution is 2.18. The molecule has 3 rings (SSSR count). The van der Waals surface area contributed by atoms with E-state index in [1.165, 1.54) is 28.6 Å². The summed E-state index contributed by atoms with van der Waals surface area (Å²) in [7, 11) is -7.36. The number of aliphatic carboxylic acids is 1. The van der Waals surface area contributed by atoms with Gasteiger partial charge in [-0.1, -0.05) is 12.1 Å². The second-order valence-electron chi connectivity index (χ2n) is 7.98. The molecule has 1 unspecified atom stereocenters. The minimum Gasteiger partial charge on any atom is -0.489 e. The number of sulfonamides is 2. The van der Waals surface area contributed by atoms with Gasteiger partial charge >= 0.3 is 5.97 Å². The Labute approximate surface area is 204 Å². The highest BCUT2D eigenvalue weighted by Gasteiger charge is 2.32. The molecular formula is C22H26N4O7S2. The summed E-state index contributed by atoms with van der Waals surface area (Å²) in [5.41, 5.74) is 1.30. The van der Waals surface area contributed by atoms with Gasteiger partial charge in [-0.2, -0.15) is 9.57 Å². The molecule has 11 nitrogen and oxygen atoms in total. The molecule has 1 aliphatic heterocycles. The maximum Gasteiger partial charge on any atom is 0.322 e. The molecule has 0 radical (unpaired) electrons. The second kappa shape index (κ2) is 11.1. The lowest BCUT2D eigenvalue weighted by atomic mass is 10.1. The van der Waals surface area contributed by atoms with Gasteiger partial charge in [-0.05, 0) is 42.0 Å². The highest BCUT2D eigenvalue weighted by atomic mass is 32.2. The molecule has 0 amide bonds. The smallest absolute Gasteiger partial charge is 0.322 e. The number of piperazine rings is 1. The van der Waals surface area contributed by atoms with Crippen molar-refractivity contribution in [1.29, 1.82) is 5.26 Å². The fourth-order valence-electron chi connectivity index (χ4n) is 3.60. The number of carboxylic acids is 1. The van der Waals surface area contributed by atoms with Crippen molar-refractivity contribution in [2.45, 2.75) is 17.5 Å². The van der Waals surface area contributed by atoms with Crippen molar-refractivity contribution in [3.63, 3.8) is 0 Å². The Balaban J connectivity index is 1.58. The number of carbonyl (C=O) groups is 1.